The number of nitrogens with zero attached hydrogens (tertiary/aromatic N) is 3. The van der Waals surface area contributed by atoms with E-state index in [0.29, 0.717) is 5.91 Å². The Morgan fingerprint density at radius 2 is 2.14 bits per heavy atom. The minimum atomic E-state index is -0.143. The van der Waals surface area contributed by atoms with E-state index in [9.17, 15) is 4.79 Å². The number of hydrogen-bond donors (Lipinski definition) is 1. The van der Waals surface area contributed by atoms with E-state index in [1.54, 1.807) is 6.20 Å². The fraction of sp³-hybridized carbons (Fsp3) is 0.765. The van der Waals surface area contributed by atoms with Gasteiger partial charge in [0.15, 0.2) is 0 Å². The standard InChI is InChI=1S/C17H28N4O/c1-16(2,3)12-21-9-4-5-17(15(21)22)6-10-20(13-17)11-14-18-7-8-19-14/h7-8H,4-6,9-13H2,1-3H3,(H,18,19)/t17-/m1/s1. The normalized spacial score (nSPS) is 27.0. The number of carbonyl (C=O) groups is 1. The van der Waals surface area contributed by atoms with Crippen LogP contribution >= 0.6 is 0 Å². The zero-order valence-corrected chi connectivity index (χ0v) is 14.1. The molecule has 0 saturated carbocycles. The first-order valence-electron chi connectivity index (χ1n) is 8.38. The number of H-pyrrole nitrogens is 1. The Bertz CT molecular complexity index is 519. The van der Waals surface area contributed by atoms with Crippen LogP contribution in [0.2, 0.25) is 0 Å². The molecule has 0 aliphatic carbocycles. The molecule has 2 aliphatic heterocycles. The monoisotopic (exact) mass is 304 g/mol. The van der Waals surface area contributed by atoms with Crippen molar-refractivity contribution in [2.24, 2.45) is 10.8 Å². The van der Waals surface area contributed by atoms with E-state index < -0.39 is 0 Å². The number of nitrogens with one attached hydrogen (secondary N) is 1. The van der Waals surface area contributed by atoms with E-state index >= 15 is 0 Å². The lowest BCUT2D eigenvalue weighted by Gasteiger charge is -2.42. The van der Waals surface area contributed by atoms with E-state index in [1.165, 1.54) is 0 Å². The van der Waals surface area contributed by atoms with E-state index in [1.807, 2.05) is 6.20 Å². The lowest BCUT2D eigenvalue weighted by molar-refractivity contribution is -0.147. The highest BCUT2D eigenvalue weighted by Crippen LogP contribution is 2.41. The molecule has 1 spiro atoms. The fourth-order valence-corrected chi connectivity index (χ4v) is 3.94. The third-order valence-electron chi connectivity index (χ3n) is 4.85. The van der Waals surface area contributed by atoms with Gasteiger partial charge in [-0.2, -0.15) is 0 Å². The highest BCUT2D eigenvalue weighted by atomic mass is 16.2. The molecule has 1 aromatic heterocycles. The Morgan fingerprint density at radius 1 is 1.32 bits per heavy atom. The van der Waals surface area contributed by atoms with E-state index in [4.69, 9.17) is 0 Å². The van der Waals surface area contributed by atoms with Crippen molar-refractivity contribution < 1.29 is 4.79 Å². The van der Waals surface area contributed by atoms with Crippen LogP contribution in [0.3, 0.4) is 0 Å². The van der Waals surface area contributed by atoms with Gasteiger partial charge in [-0.25, -0.2) is 4.98 Å². The number of hydrogen-bond acceptors (Lipinski definition) is 3. The molecule has 0 bridgehead atoms. The SMILES string of the molecule is CC(C)(C)CN1CCC[C@]2(CCN(Cc3ncc[nH]3)C2)C1=O. The molecule has 5 nitrogen and oxygen atoms in total. The van der Waals surface area contributed by atoms with Gasteiger partial charge in [0.2, 0.25) is 5.91 Å². The van der Waals surface area contributed by atoms with Crippen molar-refractivity contribution in [2.45, 2.75) is 46.6 Å². The van der Waals surface area contributed by atoms with Crippen molar-refractivity contribution in [3.05, 3.63) is 18.2 Å². The van der Waals surface area contributed by atoms with Crippen LogP contribution in [0.25, 0.3) is 0 Å². The molecular weight excluding hydrogens is 276 g/mol. The largest absolute Gasteiger partial charge is 0.348 e. The van der Waals surface area contributed by atoms with Gasteiger partial charge in [0.25, 0.3) is 0 Å². The Morgan fingerprint density at radius 3 is 2.82 bits per heavy atom. The van der Waals surface area contributed by atoms with Crippen molar-refractivity contribution in [2.75, 3.05) is 26.2 Å². The molecule has 2 fully saturated rings. The first-order valence-corrected chi connectivity index (χ1v) is 8.38. The van der Waals surface area contributed by atoms with Crippen LogP contribution in [0.15, 0.2) is 12.4 Å². The van der Waals surface area contributed by atoms with Crippen molar-refractivity contribution in [3.8, 4) is 0 Å². The summed E-state index contributed by atoms with van der Waals surface area (Å²) in [6.45, 7) is 11.1. The number of aromatic nitrogens is 2. The van der Waals surface area contributed by atoms with Crippen molar-refractivity contribution in [3.63, 3.8) is 0 Å². The molecule has 3 rings (SSSR count). The molecule has 0 radical (unpaired) electrons. The summed E-state index contributed by atoms with van der Waals surface area (Å²) in [5, 5.41) is 0. The molecule has 1 amide bonds. The molecule has 1 aromatic rings. The first-order chi connectivity index (χ1) is 10.4. The summed E-state index contributed by atoms with van der Waals surface area (Å²) in [5.74, 6) is 1.38. The van der Waals surface area contributed by atoms with Gasteiger partial charge in [-0.15, -0.1) is 0 Å². The predicted molar refractivity (Wildman–Crippen MR) is 86.2 cm³/mol. The maximum atomic E-state index is 13.1. The fourth-order valence-electron chi connectivity index (χ4n) is 3.94. The van der Waals surface area contributed by atoms with Gasteiger partial charge >= 0.3 is 0 Å². The number of carbonyl (C=O) groups excluding carboxylic acids is 1. The maximum absolute atomic E-state index is 13.1. The topological polar surface area (TPSA) is 52.2 Å². The second kappa shape index (κ2) is 5.69. The number of likely N-dealkylation sites (tertiary alicyclic amines) is 2. The van der Waals surface area contributed by atoms with Crippen LogP contribution in [0, 0.1) is 10.8 Å². The summed E-state index contributed by atoms with van der Waals surface area (Å²) in [7, 11) is 0. The molecule has 2 aliphatic rings. The number of imidazole rings is 1. The minimum Gasteiger partial charge on any atom is -0.348 e. The maximum Gasteiger partial charge on any atom is 0.230 e. The third-order valence-corrected chi connectivity index (χ3v) is 4.85. The molecule has 122 valence electrons. The second-order valence-electron chi connectivity index (χ2n) is 8.17. The molecule has 0 aromatic carbocycles. The Kier molecular flexibility index (Phi) is 4.02. The Labute approximate surface area is 133 Å². The average molecular weight is 304 g/mol. The number of rotatable bonds is 3. The highest BCUT2D eigenvalue weighted by Gasteiger charge is 2.48. The van der Waals surface area contributed by atoms with E-state index in [2.05, 4.69) is 40.5 Å². The number of amides is 1. The zero-order valence-electron chi connectivity index (χ0n) is 14.1. The molecule has 1 atom stereocenters. The Balaban J connectivity index is 1.66. The van der Waals surface area contributed by atoms with E-state index in [-0.39, 0.29) is 10.8 Å². The Hall–Kier alpha value is -1.36. The van der Waals surface area contributed by atoms with Gasteiger partial charge in [-0.1, -0.05) is 20.8 Å². The summed E-state index contributed by atoms with van der Waals surface area (Å²) in [6, 6.07) is 0. The lowest BCUT2D eigenvalue weighted by Crippen LogP contribution is -2.52. The van der Waals surface area contributed by atoms with Gasteiger partial charge in [0.1, 0.15) is 5.82 Å². The van der Waals surface area contributed by atoms with Crippen LogP contribution < -0.4 is 0 Å². The predicted octanol–water partition coefficient (Wildman–Crippen LogP) is 2.27. The number of piperidine rings is 1. The molecule has 22 heavy (non-hydrogen) atoms. The minimum absolute atomic E-state index is 0.143. The van der Waals surface area contributed by atoms with Crippen LogP contribution in [-0.2, 0) is 11.3 Å². The smallest absolute Gasteiger partial charge is 0.230 e. The van der Waals surface area contributed by atoms with Crippen LogP contribution in [0.4, 0.5) is 0 Å². The zero-order chi connectivity index (χ0) is 15.8. The molecular formula is C17H28N4O. The summed E-state index contributed by atoms with van der Waals surface area (Å²) in [5.41, 5.74) is 0.0245. The average Bonchev–Trinajstić information content (AvgIpc) is 3.05. The van der Waals surface area contributed by atoms with Gasteiger partial charge in [0, 0.05) is 32.0 Å². The van der Waals surface area contributed by atoms with Crippen molar-refractivity contribution >= 4 is 5.91 Å². The molecule has 3 heterocycles. The summed E-state index contributed by atoms with van der Waals surface area (Å²) in [6.07, 6.45) is 6.82. The van der Waals surface area contributed by atoms with Crippen LogP contribution in [0.1, 0.15) is 45.9 Å². The van der Waals surface area contributed by atoms with Gasteiger partial charge in [0.05, 0.1) is 12.0 Å². The summed E-state index contributed by atoms with van der Waals surface area (Å²) < 4.78 is 0. The quantitative estimate of drug-likeness (QED) is 0.932. The van der Waals surface area contributed by atoms with Crippen molar-refractivity contribution in [1.82, 2.24) is 19.8 Å². The second-order valence-corrected chi connectivity index (χ2v) is 8.17. The highest BCUT2D eigenvalue weighted by molar-refractivity contribution is 5.84. The van der Waals surface area contributed by atoms with Gasteiger partial charge < -0.3 is 9.88 Å². The first kappa shape index (κ1) is 15.5. The van der Waals surface area contributed by atoms with Gasteiger partial charge in [-0.3, -0.25) is 9.69 Å². The van der Waals surface area contributed by atoms with Crippen molar-refractivity contribution in [1.29, 1.82) is 0 Å². The third kappa shape index (κ3) is 3.19. The van der Waals surface area contributed by atoms with E-state index in [0.717, 1.165) is 57.8 Å². The molecule has 5 heteroatoms. The summed E-state index contributed by atoms with van der Waals surface area (Å²) >= 11 is 0. The van der Waals surface area contributed by atoms with Crippen LogP contribution in [-0.4, -0.2) is 51.9 Å². The van der Waals surface area contributed by atoms with Crippen LogP contribution in [0.5, 0.6) is 0 Å². The molecule has 0 unspecified atom stereocenters. The number of aromatic amines is 1. The van der Waals surface area contributed by atoms with Gasteiger partial charge in [-0.05, 0) is 31.2 Å². The molecule has 2 saturated heterocycles. The lowest BCUT2D eigenvalue weighted by atomic mass is 9.77. The molecule has 1 N–H and O–H groups in total. The summed E-state index contributed by atoms with van der Waals surface area (Å²) in [4.78, 5) is 25.0.